The minimum Gasteiger partial charge on any atom is -0.462 e. The molecule has 0 saturated carbocycles. The molecule has 0 aliphatic carbocycles. The molecule has 7 N–H and O–H groups in total. The van der Waals surface area contributed by atoms with Crippen molar-refractivity contribution in [1.82, 2.24) is 0 Å². The third-order valence-corrected chi connectivity index (χ3v) is 16.2. The van der Waals surface area contributed by atoms with Gasteiger partial charge in [0.2, 0.25) is 0 Å². The molecule has 15 nitrogen and oxygen atoms in total. The average molecular weight is 1140 g/mol. The monoisotopic (exact) mass is 1140 g/mol. The van der Waals surface area contributed by atoms with E-state index >= 15 is 0 Å². The van der Waals surface area contributed by atoms with Crippen molar-refractivity contribution >= 4 is 11.9 Å². The quantitative estimate of drug-likeness (QED) is 0.0171. The first-order valence-corrected chi connectivity index (χ1v) is 33.3. The molecule has 2 heterocycles. The molecule has 2 rings (SSSR count). The van der Waals surface area contributed by atoms with Gasteiger partial charge in [-0.2, -0.15) is 0 Å². The molecule has 2 fully saturated rings. The van der Waals surface area contributed by atoms with Crippen molar-refractivity contribution in [2.75, 3.05) is 26.4 Å². The Morgan fingerprint density at radius 3 is 1.14 bits per heavy atom. The Morgan fingerprint density at radius 2 is 0.725 bits per heavy atom. The number of unbranched alkanes of at least 4 members (excludes halogenated alkanes) is 39. The van der Waals surface area contributed by atoms with E-state index in [1.807, 2.05) is 0 Å². The number of aliphatic hydroxyl groups excluding tert-OH is 7. The van der Waals surface area contributed by atoms with E-state index in [0.29, 0.717) is 12.8 Å². The van der Waals surface area contributed by atoms with Crippen molar-refractivity contribution in [2.45, 2.75) is 364 Å². The number of hydrogen-bond donors (Lipinski definition) is 7. The Balaban J connectivity index is 1.69. The van der Waals surface area contributed by atoms with Gasteiger partial charge in [0.1, 0.15) is 55.4 Å². The number of hydrogen-bond acceptors (Lipinski definition) is 15. The average Bonchev–Trinajstić information content (AvgIpc) is 3.50. The van der Waals surface area contributed by atoms with E-state index in [9.17, 15) is 45.3 Å². The van der Waals surface area contributed by atoms with Crippen molar-refractivity contribution in [3.63, 3.8) is 0 Å². The van der Waals surface area contributed by atoms with E-state index in [4.69, 9.17) is 28.4 Å². The molecule has 2 aliphatic heterocycles. The largest absolute Gasteiger partial charge is 0.462 e. The Morgan fingerprint density at radius 1 is 0.388 bits per heavy atom. The summed E-state index contributed by atoms with van der Waals surface area (Å²) in [6.07, 6.45) is 41.1. The van der Waals surface area contributed by atoms with Gasteiger partial charge in [0, 0.05) is 12.8 Å². The lowest BCUT2D eigenvalue weighted by Crippen LogP contribution is -2.61. The van der Waals surface area contributed by atoms with Crippen LogP contribution in [0, 0.1) is 0 Å². The SMILES string of the molecule is CCCCCCCCCCCCCCCCCCCC/C=C/CCCC(=O)OC[C@@H](CO[C@@H]1O[C@H](CO[C@@H]2O[C@H](CO)[C@H](O)C(O)C2O)[C@H](O)C(O)C1O)OC(=O)CCCCCCCCCCCCCCCCCCCCCCC. The van der Waals surface area contributed by atoms with Crippen LogP contribution in [0.1, 0.15) is 296 Å². The maximum Gasteiger partial charge on any atom is 0.306 e. The van der Waals surface area contributed by atoms with Gasteiger partial charge in [-0.3, -0.25) is 9.59 Å². The molecule has 472 valence electrons. The minimum absolute atomic E-state index is 0.167. The Bertz CT molecular complexity index is 1440. The van der Waals surface area contributed by atoms with Crippen LogP contribution >= 0.6 is 0 Å². The molecule has 11 atom stereocenters. The van der Waals surface area contributed by atoms with E-state index < -0.39 is 92.7 Å². The normalized spacial score (nSPS) is 23.7. The summed E-state index contributed by atoms with van der Waals surface area (Å²) < 4.78 is 33.8. The van der Waals surface area contributed by atoms with Gasteiger partial charge in [-0.1, -0.05) is 264 Å². The van der Waals surface area contributed by atoms with Gasteiger partial charge >= 0.3 is 11.9 Å². The zero-order chi connectivity index (χ0) is 58.1. The van der Waals surface area contributed by atoms with Gasteiger partial charge in [0.15, 0.2) is 18.7 Å². The zero-order valence-corrected chi connectivity index (χ0v) is 50.8. The number of esters is 2. The second-order valence-electron chi connectivity index (χ2n) is 23.7. The Hall–Kier alpha value is -1.76. The van der Waals surface area contributed by atoms with Gasteiger partial charge in [0.05, 0.1) is 19.8 Å². The molecule has 0 spiro atoms. The van der Waals surface area contributed by atoms with Gasteiger partial charge in [-0.15, -0.1) is 0 Å². The molecule has 2 aliphatic rings. The molecule has 2 saturated heterocycles. The maximum atomic E-state index is 13.1. The van der Waals surface area contributed by atoms with Crippen LogP contribution in [-0.4, -0.2) is 142 Å². The molecule has 80 heavy (non-hydrogen) atoms. The molecule has 0 aromatic rings. The molecule has 4 unspecified atom stereocenters. The molecular weight excluding hydrogens is 1020 g/mol. The van der Waals surface area contributed by atoms with Crippen LogP contribution in [0.25, 0.3) is 0 Å². The van der Waals surface area contributed by atoms with Crippen molar-refractivity contribution < 1.29 is 73.8 Å². The summed E-state index contributed by atoms with van der Waals surface area (Å²) in [5, 5.41) is 72.5. The van der Waals surface area contributed by atoms with E-state index in [0.717, 1.165) is 38.5 Å². The number of ether oxygens (including phenoxy) is 6. The van der Waals surface area contributed by atoms with Gasteiger partial charge < -0.3 is 64.2 Å². The predicted octanol–water partition coefficient (Wildman–Crippen LogP) is 12.8. The fraction of sp³-hybridized carbons (Fsp3) is 0.938. The van der Waals surface area contributed by atoms with E-state index in [1.165, 1.54) is 218 Å². The topological polar surface area (TPSA) is 231 Å². The fourth-order valence-electron chi connectivity index (χ4n) is 10.9. The van der Waals surface area contributed by atoms with Crippen LogP contribution in [0.2, 0.25) is 0 Å². The van der Waals surface area contributed by atoms with Crippen LogP contribution in [0.5, 0.6) is 0 Å². The summed E-state index contributed by atoms with van der Waals surface area (Å²) in [4.78, 5) is 26.0. The maximum absolute atomic E-state index is 13.1. The first-order chi connectivity index (χ1) is 39.0. The highest BCUT2D eigenvalue weighted by molar-refractivity contribution is 5.70. The van der Waals surface area contributed by atoms with Crippen LogP contribution in [0.4, 0.5) is 0 Å². The first kappa shape index (κ1) is 74.3. The van der Waals surface area contributed by atoms with E-state index in [-0.39, 0.29) is 26.1 Å². The number of allylic oxidation sites excluding steroid dienone is 2. The fourth-order valence-corrected chi connectivity index (χ4v) is 10.9. The Kier molecular flexibility index (Phi) is 48.0. The highest BCUT2D eigenvalue weighted by Gasteiger charge is 2.47. The third kappa shape index (κ3) is 37.5. The molecular formula is C65H122O15. The van der Waals surface area contributed by atoms with Crippen LogP contribution in [0.3, 0.4) is 0 Å². The molecule has 15 heteroatoms. The third-order valence-electron chi connectivity index (χ3n) is 16.2. The summed E-state index contributed by atoms with van der Waals surface area (Å²) >= 11 is 0. The summed E-state index contributed by atoms with van der Waals surface area (Å²) in [5.74, 6) is -0.941. The highest BCUT2D eigenvalue weighted by atomic mass is 16.7. The van der Waals surface area contributed by atoms with Gasteiger partial charge in [0.25, 0.3) is 0 Å². The second kappa shape index (κ2) is 51.6. The molecule has 0 aromatic heterocycles. The minimum atomic E-state index is -1.77. The highest BCUT2D eigenvalue weighted by Crippen LogP contribution is 2.27. The number of aliphatic hydroxyl groups is 7. The summed E-state index contributed by atoms with van der Waals surface area (Å²) in [7, 11) is 0. The Labute approximate surface area is 486 Å². The molecule has 0 aromatic carbocycles. The lowest BCUT2D eigenvalue weighted by Gasteiger charge is -2.42. The van der Waals surface area contributed by atoms with Crippen LogP contribution < -0.4 is 0 Å². The first-order valence-electron chi connectivity index (χ1n) is 33.3. The van der Waals surface area contributed by atoms with Crippen molar-refractivity contribution in [2.24, 2.45) is 0 Å². The van der Waals surface area contributed by atoms with Crippen molar-refractivity contribution in [1.29, 1.82) is 0 Å². The van der Waals surface area contributed by atoms with Crippen molar-refractivity contribution in [3.8, 4) is 0 Å². The molecule has 0 radical (unpaired) electrons. The van der Waals surface area contributed by atoms with E-state index in [1.54, 1.807) is 0 Å². The standard InChI is InChI=1S/C65H122O15/c1-3-5-7-9-11-13-15-17-19-21-23-25-26-28-29-31-33-35-37-39-41-43-45-47-56(67)75-50-53(51-76-64-63(74)61(72)59(70)55(80-64)52-77-65-62(73)60(71)58(69)54(49-66)79-65)78-57(68)48-46-44-42-40-38-36-34-32-30-27-24-22-20-18-16-14-12-10-8-6-4-2/h39,41,53-55,58-66,69-74H,3-38,40,42-52H2,1-2H3/b41-39+/t53-,54+,55+,58-,59-,60?,61?,62?,63?,64+,65+/m0/s1. The second-order valence-corrected chi connectivity index (χ2v) is 23.7. The molecule has 0 amide bonds. The van der Waals surface area contributed by atoms with E-state index in [2.05, 4.69) is 26.0 Å². The van der Waals surface area contributed by atoms with Gasteiger partial charge in [-0.05, 0) is 32.1 Å². The smallest absolute Gasteiger partial charge is 0.306 e. The summed E-state index contributed by atoms with van der Waals surface area (Å²) in [6.45, 7) is 2.65. The summed E-state index contributed by atoms with van der Waals surface area (Å²) in [5.41, 5.74) is 0. The number of carbonyl (C=O) groups excluding carboxylic acids is 2. The van der Waals surface area contributed by atoms with Gasteiger partial charge in [-0.25, -0.2) is 0 Å². The van der Waals surface area contributed by atoms with Crippen LogP contribution in [-0.2, 0) is 38.0 Å². The number of carbonyl (C=O) groups is 2. The zero-order valence-electron chi connectivity index (χ0n) is 50.8. The number of rotatable bonds is 55. The lowest BCUT2D eigenvalue weighted by molar-refractivity contribution is -0.332. The predicted molar refractivity (Wildman–Crippen MR) is 317 cm³/mol. The summed E-state index contributed by atoms with van der Waals surface area (Å²) in [6, 6.07) is 0. The molecule has 0 bridgehead atoms. The van der Waals surface area contributed by atoms with Crippen LogP contribution in [0.15, 0.2) is 12.2 Å². The van der Waals surface area contributed by atoms with Crippen molar-refractivity contribution in [3.05, 3.63) is 12.2 Å². The lowest BCUT2D eigenvalue weighted by atomic mass is 9.98.